The van der Waals surface area contributed by atoms with Crippen LogP contribution in [-0.4, -0.2) is 34.3 Å². The summed E-state index contributed by atoms with van der Waals surface area (Å²) < 4.78 is 12.0. The largest absolute Gasteiger partial charge is 0.498 e. The second kappa shape index (κ2) is 5.82. The number of anilines is 1. The highest BCUT2D eigenvalue weighted by molar-refractivity contribution is 6.61. The molecule has 0 bridgehead atoms. The number of rotatable bonds is 3. The van der Waals surface area contributed by atoms with Crippen LogP contribution >= 0.6 is 0 Å². The van der Waals surface area contributed by atoms with Crippen molar-refractivity contribution >= 4 is 18.5 Å². The molecule has 0 radical (unpaired) electrons. The van der Waals surface area contributed by atoms with Crippen LogP contribution in [0.5, 0.6) is 0 Å². The van der Waals surface area contributed by atoms with Crippen LogP contribution in [0.4, 0.5) is 5.95 Å². The van der Waals surface area contributed by atoms with Crippen LogP contribution in [0.15, 0.2) is 12.4 Å². The Bertz CT molecular complexity index is 497. The van der Waals surface area contributed by atoms with Gasteiger partial charge in [-0.3, -0.25) is 0 Å². The minimum Gasteiger partial charge on any atom is -0.399 e. The fourth-order valence-electron chi connectivity index (χ4n) is 2.94. The van der Waals surface area contributed by atoms with E-state index in [2.05, 4.69) is 15.3 Å². The van der Waals surface area contributed by atoms with E-state index in [1.54, 1.807) is 12.4 Å². The molecule has 1 aliphatic carbocycles. The third kappa shape index (κ3) is 3.13. The van der Waals surface area contributed by atoms with Gasteiger partial charge in [-0.15, -0.1) is 0 Å². The minimum atomic E-state index is -0.395. The van der Waals surface area contributed by atoms with Crippen molar-refractivity contribution in [3.8, 4) is 0 Å². The van der Waals surface area contributed by atoms with Gasteiger partial charge in [0.25, 0.3) is 0 Å². The van der Waals surface area contributed by atoms with Gasteiger partial charge in [0, 0.05) is 23.9 Å². The zero-order chi connectivity index (χ0) is 15.8. The molecule has 1 aliphatic heterocycles. The second-order valence-electron chi connectivity index (χ2n) is 7.41. The first-order chi connectivity index (χ1) is 10.4. The molecule has 1 saturated heterocycles. The zero-order valence-corrected chi connectivity index (χ0v) is 14.1. The van der Waals surface area contributed by atoms with Crippen LogP contribution in [0, 0.1) is 0 Å². The highest BCUT2D eigenvalue weighted by atomic mass is 16.7. The van der Waals surface area contributed by atoms with E-state index in [0.29, 0.717) is 12.0 Å². The van der Waals surface area contributed by atoms with Gasteiger partial charge in [-0.1, -0.05) is 19.3 Å². The Morgan fingerprint density at radius 1 is 1.00 bits per heavy atom. The minimum absolute atomic E-state index is 0.337. The van der Waals surface area contributed by atoms with Crippen LogP contribution in [-0.2, 0) is 9.31 Å². The monoisotopic (exact) mass is 303 g/mol. The van der Waals surface area contributed by atoms with Crippen molar-refractivity contribution in [1.29, 1.82) is 0 Å². The number of hydrogen-bond acceptors (Lipinski definition) is 5. The summed E-state index contributed by atoms with van der Waals surface area (Å²) in [5, 5.41) is 3.43. The summed E-state index contributed by atoms with van der Waals surface area (Å²) in [5.41, 5.74) is 0.195. The Hall–Kier alpha value is -1.14. The molecule has 1 saturated carbocycles. The highest BCUT2D eigenvalue weighted by Gasteiger charge is 2.51. The maximum Gasteiger partial charge on any atom is 0.498 e. The van der Waals surface area contributed by atoms with E-state index in [1.807, 2.05) is 27.7 Å². The fourth-order valence-corrected chi connectivity index (χ4v) is 2.94. The summed E-state index contributed by atoms with van der Waals surface area (Å²) in [7, 11) is -0.395. The van der Waals surface area contributed by atoms with E-state index in [9.17, 15) is 0 Å². The lowest BCUT2D eigenvalue weighted by Gasteiger charge is -2.32. The van der Waals surface area contributed by atoms with Crippen molar-refractivity contribution in [3.05, 3.63) is 12.4 Å². The number of nitrogens with one attached hydrogen (secondary N) is 1. The quantitative estimate of drug-likeness (QED) is 0.870. The summed E-state index contributed by atoms with van der Waals surface area (Å²) in [6.07, 6.45) is 9.97. The Labute approximate surface area is 133 Å². The van der Waals surface area contributed by atoms with Gasteiger partial charge in [0.05, 0.1) is 11.2 Å². The lowest BCUT2D eigenvalue weighted by atomic mass is 9.81. The van der Waals surface area contributed by atoms with E-state index >= 15 is 0 Å². The molecule has 2 fully saturated rings. The molecule has 0 spiro atoms. The first-order valence-electron chi connectivity index (χ1n) is 8.31. The third-order valence-corrected chi connectivity index (χ3v) is 5.14. The van der Waals surface area contributed by atoms with Crippen molar-refractivity contribution in [2.45, 2.75) is 77.0 Å². The summed E-state index contributed by atoms with van der Waals surface area (Å²) in [6.45, 7) is 8.19. The predicted octanol–water partition coefficient (Wildman–Crippen LogP) is 2.52. The van der Waals surface area contributed by atoms with Crippen LogP contribution in [0.1, 0.15) is 59.8 Å². The molecule has 2 aliphatic rings. The van der Waals surface area contributed by atoms with E-state index < -0.39 is 7.12 Å². The molecule has 3 rings (SSSR count). The molecule has 0 amide bonds. The Morgan fingerprint density at radius 2 is 1.55 bits per heavy atom. The molecule has 2 heterocycles. The molecule has 1 N–H and O–H groups in total. The predicted molar refractivity (Wildman–Crippen MR) is 88.2 cm³/mol. The molecular formula is C16H26BN3O2. The van der Waals surface area contributed by atoms with E-state index in [0.717, 1.165) is 5.46 Å². The van der Waals surface area contributed by atoms with Gasteiger partial charge in [-0.05, 0) is 40.5 Å². The smallest absolute Gasteiger partial charge is 0.399 e. The third-order valence-electron chi connectivity index (χ3n) is 5.14. The number of nitrogens with zero attached hydrogens (tertiary/aromatic N) is 2. The van der Waals surface area contributed by atoms with Crippen LogP contribution < -0.4 is 10.8 Å². The van der Waals surface area contributed by atoms with Crippen LogP contribution in [0.3, 0.4) is 0 Å². The molecule has 5 nitrogen and oxygen atoms in total. The molecule has 6 heteroatoms. The lowest BCUT2D eigenvalue weighted by Crippen LogP contribution is -2.41. The van der Waals surface area contributed by atoms with E-state index in [4.69, 9.17) is 9.31 Å². The first-order valence-corrected chi connectivity index (χ1v) is 8.31. The highest BCUT2D eigenvalue weighted by Crippen LogP contribution is 2.36. The molecule has 120 valence electrons. The average Bonchev–Trinajstić information content (AvgIpc) is 2.69. The van der Waals surface area contributed by atoms with Crippen molar-refractivity contribution in [3.63, 3.8) is 0 Å². The average molecular weight is 303 g/mol. The van der Waals surface area contributed by atoms with Gasteiger partial charge in [0.15, 0.2) is 0 Å². The molecule has 1 aromatic heterocycles. The molecule has 0 atom stereocenters. The topological polar surface area (TPSA) is 56.3 Å². The van der Waals surface area contributed by atoms with E-state index in [-0.39, 0.29) is 11.2 Å². The molecule has 22 heavy (non-hydrogen) atoms. The van der Waals surface area contributed by atoms with Crippen molar-refractivity contribution in [2.24, 2.45) is 0 Å². The van der Waals surface area contributed by atoms with E-state index in [1.165, 1.54) is 32.1 Å². The van der Waals surface area contributed by atoms with Gasteiger partial charge in [-0.25, -0.2) is 9.97 Å². The maximum absolute atomic E-state index is 6.02. The second-order valence-corrected chi connectivity index (χ2v) is 7.41. The Kier molecular flexibility index (Phi) is 4.16. The zero-order valence-electron chi connectivity index (χ0n) is 14.1. The Balaban J connectivity index is 1.65. The van der Waals surface area contributed by atoms with Gasteiger partial charge < -0.3 is 14.6 Å². The summed E-state index contributed by atoms with van der Waals surface area (Å²) in [5.74, 6) is 0.701. The number of aromatic nitrogens is 2. The van der Waals surface area contributed by atoms with Crippen molar-refractivity contribution in [2.75, 3.05) is 5.32 Å². The fraction of sp³-hybridized carbons (Fsp3) is 0.750. The van der Waals surface area contributed by atoms with Gasteiger partial charge >= 0.3 is 7.12 Å². The molecule has 0 aromatic carbocycles. The number of hydrogen-bond donors (Lipinski definition) is 1. The summed E-state index contributed by atoms with van der Waals surface area (Å²) >= 11 is 0. The molecule has 1 aromatic rings. The van der Waals surface area contributed by atoms with Crippen molar-refractivity contribution in [1.82, 2.24) is 9.97 Å². The Morgan fingerprint density at radius 3 is 2.09 bits per heavy atom. The SMILES string of the molecule is CC1(C)OB(c2cnc(NC3CCCCC3)nc2)OC1(C)C. The summed E-state index contributed by atoms with van der Waals surface area (Å²) in [6, 6.07) is 0.511. The van der Waals surface area contributed by atoms with Gasteiger partial charge in [0.1, 0.15) is 0 Å². The normalized spacial score (nSPS) is 24.5. The molecule has 0 unspecified atom stereocenters. The standard InChI is InChI=1S/C16H26BN3O2/c1-15(2)16(3,4)22-17(21-15)12-10-18-14(19-11-12)20-13-8-6-5-7-9-13/h10-11,13H,5-9H2,1-4H3,(H,18,19,20). The van der Waals surface area contributed by atoms with Crippen molar-refractivity contribution < 1.29 is 9.31 Å². The van der Waals surface area contributed by atoms with Crippen LogP contribution in [0.2, 0.25) is 0 Å². The summed E-state index contributed by atoms with van der Waals surface area (Å²) in [4.78, 5) is 8.86. The van der Waals surface area contributed by atoms with Crippen LogP contribution in [0.25, 0.3) is 0 Å². The van der Waals surface area contributed by atoms with Gasteiger partial charge in [0.2, 0.25) is 5.95 Å². The first kappa shape index (κ1) is 15.7. The maximum atomic E-state index is 6.02. The lowest BCUT2D eigenvalue weighted by molar-refractivity contribution is 0.00578. The molecular weight excluding hydrogens is 277 g/mol. The van der Waals surface area contributed by atoms with Gasteiger partial charge in [-0.2, -0.15) is 0 Å².